The molecular formula is C15H22BrNO. The lowest BCUT2D eigenvalue weighted by Crippen LogP contribution is -2.15. The second-order valence-corrected chi connectivity index (χ2v) is 6.06. The second-order valence-electron chi connectivity index (χ2n) is 5.21. The van der Waals surface area contributed by atoms with Crippen LogP contribution in [0.1, 0.15) is 57.1 Å². The molecular weight excluding hydrogens is 290 g/mol. The van der Waals surface area contributed by atoms with Gasteiger partial charge in [0.25, 0.3) is 0 Å². The highest BCUT2D eigenvalue weighted by atomic mass is 79.9. The van der Waals surface area contributed by atoms with E-state index in [1.54, 1.807) is 0 Å². The number of halogens is 1. The van der Waals surface area contributed by atoms with Gasteiger partial charge in [0.1, 0.15) is 5.75 Å². The van der Waals surface area contributed by atoms with Crippen molar-refractivity contribution in [2.24, 2.45) is 5.73 Å². The van der Waals surface area contributed by atoms with Gasteiger partial charge >= 0.3 is 0 Å². The standard InChI is InChI=1S/C15H22BrNO/c1-11(17)12-8-9-15(14(16)10-12)18-13-6-4-2-3-5-7-13/h8-11,13H,2-7,17H2,1H3/t11-/m0/s1. The van der Waals surface area contributed by atoms with Crippen LogP contribution in [0.25, 0.3) is 0 Å². The van der Waals surface area contributed by atoms with E-state index in [2.05, 4.69) is 28.1 Å². The fourth-order valence-corrected chi connectivity index (χ4v) is 2.93. The minimum atomic E-state index is 0.0632. The number of ether oxygens (including phenoxy) is 1. The van der Waals surface area contributed by atoms with Crippen LogP contribution in [0.2, 0.25) is 0 Å². The molecule has 0 saturated heterocycles. The molecule has 1 aliphatic rings. The van der Waals surface area contributed by atoms with Gasteiger partial charge in [0.05, 0.1) is 10.6 Å². The first-order valence-corrected chi connectivity index (χ1v) is 7.68. The summed E-state index contributed by atoms with van der Waals surface area (Å²) in [4.78, 5) is 0. The van der Waals surface area contributed by atoms with E-state index in [-0.39, 0.29) is 6.04 Å². The van der Waals surface area contributed by atoms with Crippen molar-refractivity contribution in [1.82, 2.24) is 0 Å². The van der Waals surface area contributed by atoms with Crippen LogP contribution >= 0.6 is 15.9 Å². The van der Waals surface area contributed by atoms with Crippen LogP contribution in [0.15, 0.2) is 22.7 Å². The van der Waals surface area contributed by atoms with Crippen LogP contribution in [-0.2, 0) is 0 Å². The maximum absolute atomic E-state index is 6.11. The zero-order valence-electron chi connectivity index (χ0n) is 11.0. The summed E-state index contributed by atoms with van der Waals surface area (Å²) in [6.45, 7) is 1.99. The fourth-order valence-electron chi connectivity index (χ4n) is 2.44. The quantitative estimate of drug-likeness (QED) is 0.830. The Kier molecular flexibility index (Phi) is 5.07. The maximum Gasteiger partial charge on any atom is 0.133 e. The largest absolute Gasteiger partial charge is 0.489 e. The third-order valence-corrected chi connectivity index (χ3v) is 4.20. The van der Waals surface area contributed by atoms with Crippen molar-refractivity contribution >= 4 is 15.9 Å². The van der Waals surface area contributed by atoms with Gasteiger partial charge in [0.2, 0.25) is 0 Å². The summed E-state index contributed by atoms with van der Waals surface area (Å²) in [7, 11) is 0. The van der Waals surface area contributed by atoms with E-state index in [1.807, 2.05) is 13.0 Å². The molecule has 2 rings (SSSR count). The van der Waals surface area contributed by atoms with Crippen LogP contribution in [0.5, 0.6) is 5.75 Å². The van der Waals surface area contributed by atoms with Gasteiger partial charge < -0.3 is 10.5 Å². The Bertz CT molecular complexity index is 384. The first-order chi connectivity index (χ1) is 8.66. The monoisotopic (exact) mass is 311 g/mol. The van der Waals surface area contributed by atoms with E-state index >= 15 is 0 Å². The highest BCUT2D eigenvalue weighted by molar-refractivity contribution is 9.10. The van der Waals surface area contributed by atoms with Gasteiger partial charge in [0, 0.05) is 6.04 Å². The molecule has 1 aromatic rings. The first-order valence-electron chi connectivity index (χ1n) is 6.88. The molecule has 0 unspecified atom stereocenters. The molecule has 1 atom stereocenters. The van der Waals surface area contributed by atoms with Gasteiger partial charge in [-0.1, -0.05) is 18.9 Å². The zero-order chi connectivity index (χ0) is 13.0. The van der Waals surface area contributed by atoms with Crippen molar-refractivity contribution in [3.05, 3.63) is 28.2 Å². The molecule has 0 aromatic heterocycles. The van der Waals surface area contributed by atoms with Crippen LogP contribution < -0.4 is 10.5 Å². The SMILES string of the molecule is C[C@H](N)c1ccc(OC2CCCCCC2)c(Br)c1. The summed E-state index contributed by atoms with van der Waals surface area (Å²) in [6.07, 6.45) is 8.03. The maximum atomic E-state index is 6.11. The molecule has 0 amide bonds. The molecule has 1 aliphatic carbocycles. The van der Waals surface area contributed by atoms with Crippen molar-refractivity contribution in [2.75, 3.05) is 0 Å². The van der Waals surface area contributed by atoms with E-state index < -0.39 is 0 Å². The Balaban J connectivity index is 2.04. The van der Waals surface area contributed by atoms with Gasteiger partial charge in [-0.2, -0.15) is 0 Å². The Morgan fingerprint density at radius 3 is 2.44 bits per heavy atom. The van der Waals surface area contributed by atoms with Gasteiger partial charge in [-0.3, -0.25) is 0 Å². The number of hydrogen-bond donors (Lipinski definition) is 1. The third kappa shape index (κ3) is 3.72. The molecule has 100 valence electrons. The van der Waals surface area contributed by atoms with Crippen LogP contribution in [-0.4, -0.2) is 6.10 Å². The molecule has 0 radical (unpaired) electrons. The number of benzene rings is 1. The van der Waals surface area contributed by atoms with Crippen molar-refractivity contribution in [3.8, 4) is 5.75 Å². The zero-order valence-corrected chi connectivity index (χ0v) is 12.6. The summed E-state index contributed by atoms with van der Waals surface area (Å²) in [5.74, 6) is 0.950. The van der Waals surface area contributed by atoms with E-state index in [1.165, 1.54) is 38.5 Å². The molecule has 1 aromatic carbocycles. The molecule has 18 heavy (non-hydrogen) atoms. The molecule has 1 saturated carbocycles. The summed E-state index contributed by atoms with van der Waals surface area (Å²) < 4.78 is 7.13. The molecule has 2 nitrogen and oxygen atoms in total. The summed E-state index contributed by atoms with van der Waals surface area (Å²) in [5, 5.41) is 0. The average Bonchev–Trinajstić information content (AvgIpc) is 2.60. The Labute approximate surface area is 118 Å². The van der Waals surface area contributed by atoms with Crippen molar-refractivity contribution in [2.45, 2.75) is 57.6 Å². The molecule has 0 bridgehead atoms. The lowest BCUT2D eigenvalue weighted by atomic mass is 10.1. The van der Waals surface area contributed by atoms with Crippen LogP contribution in [0, 0.1) is 0 Å². The number of hydrogen-bond acceptors (Lipinski definition) is 2. The highest BCUT2D eigenvalue weighted by Crippen LogP contribution is 2.31. The van der Waals surface area contributed by atoms with E-state index in [0.717, 1.165) is 15.8 Å². The highest BCUT2D eigenvalue weighted by Gasteiger charge is 2.15. The molecule has 0 aliphatic heterocycles. The van der Waals surface area contributed by atoms with E-state index in [0.29, 0.717) is 6.10 Å². The smallest absolute Gasteiger partial charge is 0.133 e. The Hall–Kier alpha value is -0.540. The van der Waals surface area contributed by atoms with Crippen molar-refractivity contribution in [3.63, 3.8) is 0 Å². The molecule has 0 spiro atoms. The van der Waals surface area contributed by atoms with Crippen LogP contribution in [0.4, 0.5) is 0 Å². The topological polar surface area (TPSA) is 35.2 Å². The molecule has 2 N–H and O–H groups in total. The summed E-state index contributed by atoms with van der Waals surface area (Å²) >= 11 is 3.58. The first kappa shape index (κ1) is 13.9. The van der Waals surface area contributed by atoms with Gasteiger partial charge in [-0.25, -0.2) is 0 Å². The Morgan fingerprint density at radius 1 is 1.22 bits per heavy atom. The van der Waals surface area contributed by atoms with E-state index in [9.17, 15) is 0 Å². The number of rotatable bonds is 3. The second kappa shape index (κ2) is 6.58. The lowest BCUT2D eigenvalue weighted by molar-refractivity contribution is 0.182. The predicted molar refractivity (Wildman–Crippen MR) is 78.9 cm³/mol. The minimum absolute atomic E-state index is 0.0632. The third-order valence-electron chi connectivity index (χ3n) is 3.58. The lowest BCUT2D eigenvalue weighted by Gasteiger charge is -2.18. The van der Waals surface area contributed by atoms with Crippen molar-refractivity contribution < 1.29 is 4.74 Å². The minimum Gasteiger partial charge on any atom is -0.489 e. The van der Waals surface area contributed by atoms with Gasteiger partial charge in [-0.05, 0) is 66.2 Å². The average molecular weight is 312 g/mol. The predicted octanol–water partition coefficient (Wildman–Crippen LogP) is 4.57. The summed E-state index contributed by atoms with van der Waals surface area (Å²) in [6, 6.07) is 6.22. The number of nitrogens with two attached hydrogens (primary N) is 1. The fraction of sp³-hybridized carbons (Fsp3) is 0.600. The molecule has 0 heterocycles. The normalized spacial score (nSPS) is 19.3. The van der Waals surface area contributed by atoms with E-state index in [4.69, 9.17) is 10.5 Å². The summed E-state index contributed by atoms with van der Waals surface area (Å²) in [5.41, 5.74) is 7.01. The molecule has 1 fully saturated rings. The van der Waals surface area contributed by atoms with Gasteiger partial charge in [-0.15, -0.1) is 0 Å². The van der Waals surface area contributed by atoms with Gasteiger partial charge in [0.15, 0.2) is 0 Å². The van der Waals surface area contributed by atoms with Crippen LogP contribution in [0.3, 0.4) is 0 Å². The van der Waals surface area contributed by atoms with Crippen molar-refractivity contribution in [1.29, 1.82) is 0 Å². The molecule has 3 heteroatoms. The Morgan fingerprint density at radius 2 is 1.89 bits per heavy atom.